The molecule has 0 aliphatic carbocycles. The summed E-state index contributed by atoms with van der Waals surface area (Å²) in [6.45, 7) is 10.4. The van der Waals surface area contributed by atoms with Gasteiger partial charge in [-0.2, -0.15) is 0 Å². The number of hydrogen-bond donors (Lipinski definition) is 1. The molecule has 0 fully saturated rings. The number of carbonyl (C=O) groups is 3. The van der Waals surface area contributed by atoms with Crippen molar-refractivity contribution in [3.63, 3.8) is 0 Å². The molecule has 1 aromatic carbocycles. The Morgan fingerprint density at radius 1 is 1.10 bits per heavy atom. The van der Waals surface area contributed by atoms with E-state index in [-0.39, 0.29) is 19.6 Å². The smallest absolute Gasteiger partial charge is 0.408 e. The fourth-order valence-corrected chi connectivity index (χ4v) is 3.18. The van der Waals surface area contributed by atoms with Crippen molar-refractivity contribution in [1.29, 1.82) is 0 Å². The lowest BCUT2D eigenvalue weighted by Gasteiger charge is -2.24. The third kappa shape index (κ3) is 9.42. The first kappa shape index (κ1) is 24.4. The summed E-state index contributed by atoms with van der Waals surface area (Å²) in [7, 11) is -0.187. The van der Waals surface area contributed by atoms with Crippen molar-refractivity contribution in [2.45, 2.75) is 44.8 Å². The number of esters is 2. The molecule has 0 saturated carbocycles. The second-order valence-electron chi connectivity index (χ2n) is 7.82. The van der Waals surface area contributed by atoms with E-state index in [1.807, 2.05) is 30.3 Å². The molecule has 0 aliphatic heterocycles. The van der Waals surface area contributed by atoms with Gasteiger partial charge < -0.3 is 19.5 Å². The highest BCUT2D eigenvalue weighted by atomic mass is 28.3. The number of allylic oxidation sites excluding steroid dienone is 1. The average molecular weight is 422 g/mol. The molecule has 1 aromatic rings. The van der Waals surface area contributed by atoms with Crippen LogP contribution in [0.1, 0.15) is 12.0 Å². The summed E-state index contributed by atoms with van der Waals surface area (Å²) < 4.78 is 15.3. The number of rotatable bonds is 11. The molecule has 0 aromatic heterocycles. The number of alkyl carbamates (subject to hydrolysis) is 1. The van der Waals surface area contributed by atoms with Gasteiger partial charge in [0.15, 0.2) is 0 Å². The molecule has 160 valence electrons. The van der Waals surface area contributed by atoms with E-state index >= 15 is 0 Å². The number of hydrogen-bond acceptors (Lipinski definition) is 6. The summed E-state index contributed by atoms with van der Waals surface area (Å²) in [5.74, 6) is -2.29. The number of carbonyl (C=O) groups excluding carboxylic acids is 3. The topological polar surface area (TPSA) is 90.9 Å². The molecule has 1 rings (SSSR count). The van der Waals surface area contributed by atoms with E-state index in [2.05, 4.69) is 31.5 Å². The zero-order valence-electron chi connectivity index (χ0n) is 17.6. The highest BCUT2D eigenvalue weighted by Gasteiger charge is 2.37. The van der Waals surface area contributed by atoms with E-state index < -0.39 is 38.1 Å². The molecule has 0 radical (unpaired) electrons. The number of nitrogens with one attached hydrogen (secondary N) is 1. The van der Waals surface area contributed by atoms with E-state index in [4.69, 9.17) is 14.2 Å². The van der Waals surface area contributed by atoms with Crippen molar-refractivity contribution in [2.24, 2.45) is 5.92 Å². The van der Waals surface area contributed by atoms with Gasteiger partial charge in [0.25, 0.3) is 0 Å². The van der Waals surface area contributed by atoms with Crippen LogP contribution in [0.15, 0.2) is 43.0 Å². The van der Waals surface area contributed by atoms with Crippen LogP contribution >= 0.6 is 0 Å². The van der Waals surface area contributed by atoms with Crippen LogP contribution in [-0.2, 0) is 30.4 Å². The number of benzene rings is 1. The third-order valence-electron chi connectivity index (χ3n) is 4.16. The quantitative estimate of drug-likeness (QED) is 0.254. The Bertz CT molecular complexity index is 686. The maximum atomic E-state index is 12.7. The maximum absolute atomic E-state index is 12.7. The normalized spacial score (nSPS) is 13.0. The molecule has 1 amide bonds. The minimum atomic E-state index is -1.41. The standard InChI is InChI=1S/C21H31NO6Si/c1-6-10-17(19(23)26-2)18(20(24)27-13-14-29(3,4)5)22-21(25)28-15-16-11-8-7-9-12-16/h6-9,11-12,17-18H,1,10,13-15H2,2-5H3,(H,22,25)/t17-,18+/m1/s1. The lowest BCUT2D eigenvalue weighted by molar-refractivity contribution is -0.155. The second-order valence-corrected chi connectivity index (χ2v) is 13.4. The largest absolute Gasteiger partial charge is 0.469 e. The van der Waals surface area contributed by atoms with Crippen molar-refractivity contribution in [1.82, 2.24) is 5.32 Å². The molecule has 0 aliphatic rings. The Kier molecular flexibility index (Phi) is 10.2. The molecular formula is C21H31NO6Si. The van der Waals surface area contributed by atoms with Gasteiger partial charge in [0.2, 0.25) is 0 Å². The zero-order chi connectivity index (χ0) is 21.9. The van der Waals surface area contributed by atoms with Gasteiger partial charge in [-0.15, -0.1) is 6.58 Å². The summed E-state index contributed by atoms with van der Waals surface area (Å²) in [6, 6.07) is 8.67. The fraction of sp³-hybridized carbons (Fsp3) is 0.476. The minimum absolute atomic E-state index is 0.0361. The molecule has 2 atom stereocenters. The van der Waals surface area contributed by atoms with E-state index in [1.54, 1.807) is 0 Å². The predicted octanol–water partition coefficient (Wildman–Crippen LogP) is 3.53. The average Bonchev–Trinajstić information content (AvgIpc) is 2.68. The van der Waals surface area contributed by atoms with Gasteiger partial charge in [0.05, 0.1) is 19.6 Å². The van der Waals surface area contributed by atoms with Crippen molar-refractivity contribution in [3.8, 4) is 0 Å². The van der Waals surface area contributed by atoms with Crippen LogP contribution in [0.5, 0.6) is 0 Å². The van der Waals surface area contributed by atoms with Crippen molar-refractivity contribution < 1.29 is 28.6 Å². The summed E-state index contributed by atoms with van der Waals surface area (Å²) in [4.78, 5) is 37.1. The Morgan fingerprint density at radius 3 is 2.31 bits per heavy atom. The Balaban J connectivity index is 2.84. The molecular weight excluding hydrogens is 390 g/mol. The van der Waals surface area contributed by atoms with Crippen LogP contribution in [0, 0.1) is 5.92 Å². The van der Waals surface area contributed by atoms with Crippen LogP contribution in [0.4, 0.5) is 4.79 Å². The fourth-order valence-electron chi connectivity index (χ4n) is 2.46. The maximum Gasteiger partial charge on any atom is 0.408 e. The Labute approximate surface area is 173 Å². The first-order valence-electron chi connectivity index (χ1n) is 9.50. The highest BCUT2D eigenvalue weighted by Crippen LogP contribution is 2.16. The van der Waals surface area contributed by atoms with Crippen molar-refractivity contribution >= 4 is 26.1 Å². The molecule has 0 bridgehead atoms. The second kappa shape index (κ2) is 12.1. The van der Waals surface area contributed by atoms with Crippen LogP contribution in [0.2, 0.25) is 25.7 Å². The van der Waals surface area contributed by atoms with Gasteiger partial charge in [-0.05, 0) is 18.0 Å². The number of ether oxygens (including phenoxy) is 3. The highest BCUT2D eigenvalue weighted by molar-refractivity contribution is 6.76. The van der Waals surface area contributed by atoms with Crippen LogP contribution < -0.4 is 5.32 Å². The van der Waals surface area contributed by atoms with Gasteiger partial charge in [-0.1, -0.05) is 56.0 Å². The van der Waals surface area contributed by atoms with E-state index in [9.17, 15) is 14.4 Å². The summed E-state index contributed by atoms with van der Waals surface area (Å²) in [6.07, 6.45) is 0.805. The monoisotopic (exact) mass is 421 g/mol. The molecule has 0 heterocycles. The molecule has 29 heavy (non-hydrogen) atoms. The van der Waals surface area contributed by atoms with Gasteiger partial charge in [-0.25, -0.2) is 9.59 Å². The van der Waals surface area contributed by atoms with E-state index in [1.165, 1.54) is 13.2 Å². The lowest BCUT2D eigenvalue weighted by Crippen LogP contribution is -2.49. The lowest BCUT2D eigenvalue weighted by atomic mass is 9.96. The molecule has 8 heteroatoms. The van der Waals surface area contributed by atoms with Crippen molar-refractivity contribution in [2.75, 3.05) is 13.7 Å². The van der Waals surface area contributed by atoms with Crippen LogP contribution in [0.3, 0.4) is 0 Å². The molecule has 7 nitrogen and oxygen atoms in total. The summed E-state index contributed by atoms with van der Waals surface area (Å²) >= 11 is 0. The summed E-state index contributed by atoms with van der Waals surface area (Å²) in [5, 5.41) is 2.46. The molecule has 0 unspecified atom stereocenters. The first-order chi connectivity index (χ1) is 13.7. The Hall–Kier alpha value is -2.61. The van der Waals surface area contributed by atoms with Gasteiger partial charge in [-0.3, -0.25) is 4.79 Å². The number of amides is 1. The van der Waals surface area contributed by atoms with E-state index in [0.717, 1.165) is 11.6 Å². The van der Waals surface area contributed by atoms with E-state index in [0.29, 0.717) is 0 Å². The number of methoxy groups -OCH3 is 1. The molecule has 1 N–H and O–H groups in total. The van der Waals surface area contributed by atoms with Gasteiger partial charge in [0, 0.05) is 8.07 Å². The van der Waals surface area contributed by atoms with Gasteiger partial charge >= 0.3 is 18.0 Å². The zero-order valence-corrected chi connectivity index (χ0v) is 18.6. The van der Waals surface area contributed by atoms with Crippen molar-refractivity contribution in [3.05, 3.63) is 48.6 Å². The summed E-state index contributed by atoms with van der Waals surface area (Å²) in [5.41, 5.74) is 0.799. The Morgan fingerprint density at radius 2 is 1.76 bits per heavy atom. The predicted molar refractivity (Wildman–Crippen MR) is 113 cm³/mol. The van der Waals surface area contributed by atoms with Gasteiger partial charge in [0.1, 0.15) is 12.6 Å². The van der Waals surface area contributed by atoms with Crippen LogP contribution in [-0.4, -0.2) is 45.9 Å². The first-order valence-corrected chi connectivity index (χ1v) is 13.2. The molecule has 0 spiro atoms. The van der Waals surface area contributed by atoms with Crippen LogP contribution in [0.25, 0.3) is 0 Å². The minimum Gasteiger partial charge on any atom is -0.469 e. The third-order valence-corrected chi connectivity index (χ3v) is 5.87. The molecule has 0 saturated heterocycles. The SMILES string of the molecule is C=CC[C@@H](C(=O)OC)[C@H](NC(=O)OCc1ccccc1)C(=O)OCC[Si](C)(C)C.